The Balaban J connectivity index is 2.27. The lowest BCUT2D eigenvalue weighted by molar-refractivity contribution is 0.102. The lowest BCUT2D eigenvalue weighted by Gasteiger charge is -2.10. The van der Waals surface area contributed by atoms with E-state index in [9.17, 15) is 9.90 Å². The molecule has 92 valence electrons. The van der Waals surface area contributed by atoms with Gasteiger partial charge in [-0.05, 0) is 36.8 Å². The second-order valence-corrected chi connectivity index (χ2v) is 4.34. The number of aryl methyl sites for hydroxylation is 1. The minimum absolute atomic E-state index is 0.0542. The summed E-state index contributed by atoms with van der Waals surface area (Å²) in [4.78, 5) is 12.0. The Morgan fingerprint density at radius 1 is 1.22 bits per heavy atom. The average molecular weight is 262 g/mol. The number of phenolic OH excluding ortho intramolecular Hbond substituents is 1. The van der Waals surface area contributed by atoms with Crippen LogP contribution in [0.5, 0.6) is 5.75 Å². The second-order valence-electron chi connectivity index (χ2n) is 3.94. The predicted molar refractivity (Wildman–Crippen MR) is 72.2 cm³/mol. The van der Waals surface area contributed by atoms with Gasteiger partial charge in [-0.1, -0.05) is 29.8 Å². The van der Waals surface area contributed by atoms with Gasteiger partial charge < -0.3 is 10.4 Å². The Labute approximate surface area is 110 Å². The SMILES string of the molecule is Cc1cccc(Cl)c1NC(=O)c1cccc(O)c1. The monoisotopic (exact) mass is 261 g/mol. The van der Waals surface area contributed by atoms with Crippen LogP contribution in [0.25, 0.3) is 0 Å². The number of carbonyl (C=O) groups excluding carboxylic acids is 1. The molecule has 0 fully saturated rings. The van der Waals surface area contributed by atoms with Crippen LogP contribution in [0.1, 0.15) is 15.9 Å². The molecule has 0 radical (unpaired) electrons. The van der Waals surface area contributed by atoms with E-state index in [1.165, 1.54) is 12.1 Å². The van der Waals surface area contributed by atoms with Gasteiger partial charge in [0.25, 0.3) is 5.91 Å². The first kappa shape index (κ1) is 12.5. The van der Waals surface area contributed by atoms with Crippen molar-refractivity contribution in [2.24, 2.45) is 0 Å². The van der Waals surface area contributed by atoms with Gasteiger partial charge in [-0.3, -0.25) is 4.79 Å². The number of para-hydroxylation sites is 1. The number of phenols is 1. The van der Waals surface area contributed by atoms with Crippen LogP contribution in [-0.2, 0) is 0 Å². The van der Waals surface area contributed by atoms with Crippen molar-refractivity contribution in [3.63, 3.8) is 0 Å². The van der Waals surface area contributed by atoms with Crippen molar-refractivity contribution in [1.82, 2.24) is 0 Å². The highest BCUT2D eigenvalue weighted by molar-refractivity contribution is 6.34. The number of rotatable bonds is 2. The molecule has 2 aromatic rings. The fraction of sp³-hybridized carbons (Fsp3) is 0.0714. The summed E-state index contributed by atoms with van der Waals surface area (Å²) in [5.74, 6) is -0.249. The highest BCUT2D eigenvalue weighted by Gasteiger charge is 2.10. The van der Waals surface area contributed by atoms with E-state index in [0.29, 0.717) is 16.3 Å². The molecule has 0 aliphatic carbocycles. The van der Waals surface area contributed by atoms with Crippen LogP contribution in [0, 0.1) is 6.92 Å². The Kier molecular flexibility index (Phi) is 3.53. The first-order valence-electron chi connectivity index (χ1n) is 5.43. The second kappa shape index (κ2) is 5.10. The number of aromatic hydroxyl groups is 1. The van der Waals surface area contributed by atoms with Crippen LogP contribution >= 0.6 is 11.6 Å². The van der Waals surface area contributed by atoms with Crippen LogP contribution in [0.3, 0.4) is 0 Å². The zero-order valence-electron chi connectivity index (χ0n) is 9.77. The zero-order chi connectivity index (χ0) is 13.1. The maximum Gasteiger partial charge on any atom is 0.255 e. The van der Waals surface area contributed by atoms with Crippen molar-refractivity contribution in [3.05, 3.63) is 58.6 Å². The Hall–Kier alpha value is -2.00. The van der Waals surface area contributed by atoms with Gasteiger partial charge in [0.15, 0.2) is 0 Å². The molecule has 2 aromatic carbocycles. The smallest absolute Gasteiger partial charge is 0.255 e. The number of anilines is 1. The molecule has 0 heterocycles. The average Bonchev–Trinajstić information content (AvgIpc) is 2.34. The molecule has 0 aliphatic rings. The number of nitrogens with one attached hydrogen (secondary N) is 1. The Bertz CT molecular complexity index is 576. The topological polar surface area (TPSA) is 49.3 Å². The van der Waals surface area contributed by atoms with Gasteiger partial charge in [-0.2, -0.15) is 0 Å². The highest BCUT2D eigenvalue weighted by atomic mass is 35.5. The Morgan fingerprint density at radius 2 is 1.94 bits per heavy atom. The molecule has 0 atom stereocenters. The molecule has 0 aliphatic heterocycles. The third-order valence-electron chi connectivity index (χ3n) is 2.57. The van der Waals surface area contributed by atoms with Crippen LogP contribution in [0.15, 0.2) is 42.5 Å². The van der Waals surface area contributed by atoms with Crippen molar-refractivity contribution in [3.8, 4) is 5.75 Å². The summed E-state index contributed by atoms with van der Waals surface area (Å²) in [6, 6.07) is 11.6. The molecule has 0 spiro atoms. The number of hydrogen-bond donors (Lipinski definition) is 2. The van der Waals surface area contributed by atoms with E-state index in [4.69, 9.17) is 11.6 Å². The van der Waals surface area contributed by atoms with Crippen LogP contribution in [-0.4, -0.2) is 11.0 Å². The summed E-state index contributed by atoms with van der Waals surface area (Å²) in [5.41, 5.74) is 1.86. The third-order valence-corrected chi connectivity index (χ3v) is 2.88. The van der Waals surface area contributed by atoms with E-state index in [1.807, 2.05) is 19.1 Å². The van der Waals surface area contributed by atoms with E-state index in [1.54, 1.807) is 18.2 Å². The minimum Gasteiger partial charge on any atom is -0.508 e. The summed E-state index contributed by atoms with van der Waals surface area (Å²) >= 11 is 6.03. The summed E-state index contributed by atoms with van der Waals surface area (Å²) in [6.45, 7) is 1.87. The first-order valence-corrected chi connectivity index (χ1v) is 5.81. The van der Waals surface area contributed by atoms with Gasteiger partial charge >= 0.3 is 0 Å². The van der Waals surface area contributed by atoms with Crippen molar-refractivity contribution >= 4 is 23.2 Å². The Morgan fingerprint density at radius 3 is 2.61 bits per heavy atom. The molecule has 0 aromatic heterocycles. The molecule has 4 heteroatoms. The molecule has 2 rings (SSSR count). The van der Waals surface area contributed by atoms with Gasteiger partial charge in [0.05, 0.1) is 10.7 Å². The highest BCUT2D eigenvalue weighted by Crippen LogP contribution is 2.26. The standard InChI is InChI=1S/C14H12ClNO2/c1-9-4-2-7-12(15)13(9)16-14(18)10-5-3-6-11(17)8-10/h2-8,17H,1H3,(H,16,18). The number of amides is 1. The molecular formula is C14H12ClNO2. The van der Waals surface area contributed by atoms with Crippen LogP contribution < -0.4 is 5.32 Å². The van der Waals surface area contributed by atoms with E-state index in [0.717, 1.165) is 5.56 Å². The first-order chi connectivity index (χ1) is 8.58. The van der Waals surface area contributed by atoms with E-state index in [2.05, 4.69) is 5.32 Å². The van der Waals surface area contributed by atoms with E-state index < -0.39 is 0 Å². The summed E-state index contributed by atoms with van der Waals surface area (Å²) in [6.07, 6.45) is 0. The number of benzene rings is 2. The van der Waals surface area contributed by atoms with Gasteiger partial charge in [0.2, 0.25) is 0 Å². The summed E-state index contributed by atoms with van der Waals surface area (Å²) in [7, 11) is 0. The minimum atomic E-state index is -0.304. The molecule has 0 saturated carbocycles. The van der Waals surface area contributed by atoms with Gasteiger partial charge in [0.1, 0.15) is 5.75 Å². The maximum absolute atomic E-state index is 12.0. The lowest BCUT2D eigenvalue weighted by atomic mass is 10.1. The molecule has 0 unspecified atom stereocenters. The normalized spacial score (nSPS) is 10.1. The van der Waals surface area contributed by atoms with Crippen molar-refractivity contribution < 1.29 is 9.90 Å². The van der Waals surface area contributed by atoms with Crippen molar-refractivity contribution in [2.45, 2.75) is 6.92 Å². The molecule has 3 nitrogen and oxygen atoms in total. The molecule has 18 heavy (non-hydrogen) atoms. The number of hydrogen-bond acceptors (Lipinski definition) is 2. The molecule has 0 bridgehead atoms. The van der Waals surface area contributed by atoms with E-state index in [-0.39, 0.29) is 11.7 Å². The molecule has 2 N–H and O–H groups in total. The van der Waals surface area contributed by atoms with Crippen molar-refractivity contribution in [2.75, 3.05) is 5.32 Å². The van der Waals surface area contributed by atoms with Gasteiger partial charge in [0, 0.05) is 5.56 Å². The fourth-order valence-corrected chi connectivity index (χ4v) is 1.89. The van der Waals surface area contributed by atoms with Crippen LogP contribution in [0.2, 0.25) is 5.02 Å². The van der Waals surface area contributed by atoms with Gasteiger partial charge in [-0.25, -0.2) is 0 Å². The quantitative estimate of drug-likeness (QED) is 0.868. The number of halogens is 1. The summed E-state index contributed by atoms with van der Waals surface area (Å²) < 4.78 is 0. The number of carbonyl (C=O) groups is 1. The van der Waals surface area contributed by atoms with Crippen LogP contribution in [0.4, 0.5) is 5.69 Å². The molecule has 1 amide bonds. The predicted octanol–water partition coefficient (Wildman–Crippen LogP) is 3.61. The maximum atomic E-state index is 12.0. The molecular weight excluding hydrogens is 250 g/mol. The van der Waals surface area contributed by atoms with Crippen molar-refractivity contribution in [1.29, 1.82) is 0 Å². The lowest BCUT2D eigenvalue weighted by Crippen LogP contribution is -2.12. The summed E-state index contributed by atoms with van der Waals surface area (Å²) in [5, 5.41) is 12.6. The van der Waals surface area contributed by atoms with Gasteiger partial charge in [-0.15, -0.1) is 0 Å². The van der Waals surface area contributed by atoms with E-state index >= 15 is 0 Å². The molecule has 0 saturated heterocycles. The third kappa shape index (κ3) is 2.63. The largest absolute Gasteiger partial charge is 0.508 e. The zero-order valence-corrected chi connectivity index (χ0v) is 10.5. The fourth-order valence-electron chi connectivity index (χ4n) is 1.62.